The van der Waals surface area contributed by atoms with Crippen molar-refractivity contribution in [3.8, 4) is 0 Å². The number of aromatic nitrogens is 1. The highest BCUT2D eigenvalue weighted by Crippen LogP contribution is 2.25. The highest BCUT2D eigenvalue weighted by molar-refractivity contribution is 9.10. The number of methoxy groups -OCH3 is 1. The number of nitrogens with zero attached hydrogens (tertiary/aromatic N) is 1. The van der Waals surface area contributed by atoms with Gasteiger partial charge >= 0.3 is 5.97 Å². The molecule has 0 fully saturated rings. The van der Waals surface area contributed by atoms with Gasteiger partial charge in [-0.25, -0.2) is 0 Å². The molecule has 1 unspecified atom stereocenters. The van der Waals surface area contributed by atoms with Crippen molar-refractivity contribution in [3.05, 3.63) is 35.5 Å². The summed E-state index contributed by atoms with van der Waals surface area (Å²) in [5, 5.41) is 1.74. The number of ether oxygens (including phenoxy) is 1. The van der Waals surface area contributed by atoms with E-state index in [2.05, 4.69) is 20.7 Å². The maximum absolute atomic E-state index is 11.3. The lowest BCUT2D eigenvalue weighted by Crippen LogP contribution is -2.21. The minimum atomic E-state index is -0.376. The molecule has 2 aromatic rings. The molecule has 90 valence electrons. The first-order valence-electron chi connectivity index (χ1n) is 5.08. The lowest BCUT2D eigenvalue weighted by atomic mass is 10.2. The zero-order valence-electron chi connectivity index (χ0n) is 9.19. The number of rotatable bonds is 3. The van der Waals surface area contributed by atoms with E-state index in [1.807, 2.05) is 35.0 Å². The number of carbonyl (C=O) groups is 1. The fraction of sp³-hybridized carbons (Fsp3) is 0.250. The summed E-state index contributed by atoms with van der Waals surface area (Å²) in [5.74, 6) is -0.293. The predicted molar refractivity (Wildman–Crippen MR) is 71.7 cm³/mol. The van der Waals surface area contributed by atoms with Crippen LogP contribution in [-0.2, 0) is 16.1 Å². The second kappa shape index (κ2) is 5.10. The molecule has 17 heavy (non-hydrogen) atoms. The lowest BCUT2D eigenvalue weighted by Gasteiger charge is -2.10. The van der Waals surface area contributed by atoms with Crippen molar-refractivity contribution in [1.29, 1.82) is 0 Å². The molecule has 0 aliphatic rings. The number of halogens is 2. The van der Waals surface area contributed by atoms with Crippen molar-refractivity contribution in [2.24, 2.45) is 0 Å². The van der Waals surface area contributed by atoms with E-state index in [1.165, 1.54) is 7.11 Å². The zero-order chi connectivity index (χ0) is 12.4. The number of para-hydroxylation sites is 1. The second-order valence-corrected chi connectivity index (χ2v) is 5.15. The van der Waals surface area contributed by atoms with Gasteiger partial charge in [0.2, 0.25) is 0 Å². The summed E-state index contributed by atoms with van der Waals surface area (Å²) in [6.07, 6.45) is 1.91. The molecule has 1 heterocycles. The third-order valence-electron chi connectivity index (χ3n) is 2.55. The molecule has 2 rings (SSSR count). The number of esters is 1. The van der Waals surface area contributed by atoms with Crippen LogP contribution in [0.2, 0.25) is 5.02 Å². The molecule has 1 aromatic carbocycles. The third kappa shape index (κ3) is 2.48. The highest BCUT2D eigenvalue weighted by atomic mass is 79.9. The van der Waals surface area contributed by atoms with Gasteiger partial charge in [0, 0.05) is 18.1 Å². The number of fused-ring (bicyclic) bond motifs is 1. The van der Waals surface area contributed by atoms with Crippen LogP contribution in [0.15, 0.2) is 30.5 Å². The van der Waals surface area contributed by atoms with Crippen LogP contribution in [0.4, 0.5) is 0 Å². The molecule has 1 aromatic heterocycles. The van der Waals surface area contributed by atoms with Gasteiger partial charge in [0.15, 0.2) is 0 Å². The fourth-order valence-corrected chi connectivity index (χ4v) is 2.53. The SMILES string of the molecule is COC(=O)C(Br)Cn1ccc2cccc(Cl)c21. The summed E-state index contributed by atoms with van der Waals surface area (Å²) in [4.78, 5) is 11.0. The number of hydrogen-bond donors (Lipinski definition) is 0. The van der Waals surface area contributed by atoms with Crippen molar-refractivity contribution in [2.75, 3.05) is 7.11 Å². The van der Waals surface area contributed by atoms with E-state index in [0.717, 1.165) is 10.9 Å². The fourth-order valence-electron chi connectivity index (χ4n) is 1.74. The Morgan fingerprint density at radius 1 is 1.53 bits per heavy atom. The van der Waals surface area contributed by atoms with E-state index in [0.29, 0.717) is 11.6 Å². The summed E-state index contributed by atoms with van der Waals surface area (Å²) in [5.41, 5.74) is 0.933. The van der Waals surface area contributed by atoms with Gasteiger partial charge in [0.05, 0.1) is 17.6 Å². The van der Waals surface area contributed by atoms with Gasteiger partial charge < -0.3 is 9.30 Å². The molecule has 5 heteroatoms. The zero-order valence-corrected chi connectivity index (χ0v) is 11.5. The minimum Gasteiger partial charge on any atom is -0.468 e. The van der Waals surface area contributed by atoms with Gasteiger partial charge in [-0.2, -0.15) is 0 Å². The van der Waals surface area contributed by atoms with Crippen molar-refractivity contribution in [3.63, 3.8) is 0 Å². The van der Waals surface area contributed by atoms with Gasteiger partial charge in [0.25, 0.3) is 0 Å². The monoisotopic (exact) mass is 315 g/mol. The quantitative estimate of drug-likeness (QED) is 0.643. The van der Waals surface area contributed by atoms with Gasteiger partial charge in [-0.3, -0.25) is 4.79 Å². The van der Waals surface area contributed by atoms with Crippen molar-refractivity contribution in [1.82, 2.24) is 4.57 Å². The van der Waals surface area contributed by atoms with Gasteiger partial charge in [-0.1, -0.05) is 39.7 Å². The molecule has 0 spiro atoms. The molecule has 0 radical (unpaired) electrons. The highest BCUT2D eigenvalue weighted by Gasteiger charge is 2.17. The Morgan fingerprint density at radius 3 is 3.00 bits per heavy atom. The molecule has 0 bridgehead atoms. The second-order valence-electron chi connectivity index (χ2n) is 3.64. The average molecular weight is 317 g/mol. The smallest absolute Gasteiger partial charge is 0.321 e. The molecule has 0 aliphatic heterocycles. The average Bonchev–Trinajstić information content (AvgIpc) is 2.72. The lowest BCUT2D eigenvalue weighted by molar-refractivity contribution is -0.140. The number of hydrogen-bond acceptors (Lipinski definition) is 2. The summed E-state index contributed by atoms with van der Waals surface area (Å²) < 4.78 is 6.61. The van der Waals surface area contributed by atoms with Crippen LogP contribution in [0, 0.1) is 0 Å². The number of carbonyl (C=O) groups excluding carboxylic acids is 1. The third-order valence-corrected chi connectivity index (χ3v) is 3.52. The van der Waals surface area contributed by atoms with Crippen molar-refractivity contribution < 1.29 is 9.53 Å². The normalized spacial score (nSPS) is 12.6. The Balaban J connectivity index is 2.34. The Labute approximate surface area is 112 Å². The topological polar surface area (TPSA) is 31.2 Å². The maximum Gasteiger partial charge on any atom is 0.321 e. The van der Waals surface area contributed by atoms with E-state index in [9.17, 15) is 4.79 Å². The number of alkyl halides is 1. The van der Waals surface area contributed by atoms with Crippen LogP contribution in [-0.4, -0.2) is 22.5 Å². The molecule has 0 N–H and O–H groups in total. The Kier molecular flexibility index (Phi) is 3.74. The van der Waals surface area contributed by atoms with Gasteiger partial charge in [-0.05, 0) is 12.1 Å². The van der Waals surface area contributed by atoms with Crippen LogP contribution in [0.3, 0.4) is 0 Å². The summed E-state index contributed by atoms with van der Waals surface area (Å²) >= 11 is 9.44. The standard InChI is InChI=1S/C12H11BrClNO2/c1-17-12(16)9(13)7-15-6-5-8-3-2-4-10(14)11(8)15/h2-6,9H,7H2,1H3. The molecule has 1 atom stereocenters. The largest absolute Gasteiger partial charge is 0.468 e. The van der Waals surface area contributed by atoms with Crippen LogP contribution in [0.25, 0.3) is 10.9 Å². The van der Waals surface area contributed by atoms with Crippen LogP contribution < -0.4 is 0 Å². The molecule has 0 aliphatic carbocycles. The van der Waals surface area contributed by atoms with Gasteiger partial charge in [-0.15, -0.1) is 0 Å². The van der Waals surface area contributed by atoms with E-state index in [4.69, 9.17) is 11.6 Å². The number of benzene rings is 1. The maximum atomic E-state index is 11.3. The van der Waals surface area contributed by atoms with Crippen LogP contribution in [0.5, 0.6) is 0 Å². The van der Waals surface area contributed by atoms with E-state index < -0.39 is 0 Å². The molecule has 0 saturated heterocycles. The summed E-state index contributed by atoms with van der Waals surface area (Å²) in [6.45, 7) is 0.486. The first kappa shape index (κ1) is 12.5. The molecule has 0 saturated carbocycles. The van der Waals surface area contributed by atoms with Crippen LogP contribution >= 0.6 is 27.5 Å². The predicted octanol–water partition coefficient (Wildman–Crippen LogP) is 3.23. The molecule has 0 amide bonds. The molecular weight excluding hydrogens is 305 g/mol. The van der Waals surface area contributed by atoms with Crippen LogP contribution in [0.1, 0.15) is 0 Å². The summed E-state index contributed by atoms with van der Waals surface area (Å²) in [7, 11) is 1.37. The first-order valence-corrected chi connectivity index (χ1v) is 6.38. The van der Waals surface area contributed by atoms with Crippen molar-refractivity contribution >= 4 is 44.4 Å². The Morgan fingerprint density at radius 2 is 2.29 bits per heavy atom. The minimum absolute atomic E-state index is 0.293. The van der Waals surface area contributed by atoms with E-state index in [-0.39, 0.29) is 10.8 Å². The molecule has 3 nitrogen and oxygen atoms in total. The van der Waals surface area contributed by atoms with Crippen molar-refractivity contribution in [2.45, 2.75) is 11.4 Å². The van der Waals surface area contributed by atoms with E-state index >= 15 is 0 Å². The first-order chi connectivity index (χ1) is 8.13. The van der Waals surface area contributed by atoms with E-state index in [1.54, 1.807) is 0 Å². The Hall–Kier alpha value is -1.00. The summed E-state index contributed by atoms with van der Waals surface area (Å²) in [6, 6.07) is 7.69. The van der Waals surface area contributed by atoms with Gasteiger partial charge in [0.1, 0.15) is 4.83 Å². The molecular formula is C12H11BrClNO2. The Bertz CT molecular complexity index is 552.